The number of hydrogen-bond acceptors (Lipinski definition) is 2. The van der Waals surface area contributed by atoms with E-state index in [1.54, 1.807) is 4.90 Å². The molecule has 1 aliphatic carbocycles. The lowest BCUT2D eigenvalue weighted by Crippen LogP contribution is -2.31. The maximum Gasteiger partial charge on any atom is 0.411 e. The Morgan fingerprint density at radius 2 is 1.50 bits per heavy atom. The Balaban J connectivity index is 1.76. The predicted molar refractivity (Wildman–Crippen MR) is 80.0 cm³/mol. The molecule has 1 amide bonds. The minimum absolute atomic E-state index is 0.276. The molecule has 1 saturated carbocycles. The fraction of sp³-hybridized carbons (Fsp3) is 0.278. The molecule has 0 radical (unpaired) electrons. The van der Waals surface area contributed by atoms with Crippen LogP contribution in [0, 0.1) is 0 Å². The summed E-state index contributed by atoms with van der Waals surface area (Å²) < 4.78 is 19.2. The van der Waals surface area contributed by atoms with Crippen LogP contribution in [0.1, 0.15) is 29.7 Å². The predicted octanol–water partition coefficient (Wildman–Crippen LogP) is 4.03. The Bertz CT molecular complexity index is 676. The molecule has 1 heterocycles. The van der Waals surface area contributed by atoms with E-state index in [0.717, 1.165) is 11.1 Å². The van der Waals surface area contributed by atoms with Crippen molar-refractivity contribution in [3.05, 3.63) is 71.8 Å². The summed E-state index contributed by atoms with van der Waals surface area (Å²) >= 11 is 0. The van der Waals surface area contributed by atoms with Gasteiger partial charge in [0.05, 0.1) is 6.04 Å². The Morgan fingerprint density at radius 1 is 0.955 bits per heavy atom. The summed E-state index contributed by atoms with van der Waals surface area (Å²) in [5, 5.41) is 0. The molecule has 2 aromatic carbocycles. The van der Waals surface area contributed by atoms with Crippen molar-refractivity contribution in [3.63, 3.8) is 0 Å². The number of nitrogens with zero attached hydrogens (tertiary/aromatic N) is 1. The van der Waals surface area contributed by atoms with Gasteiger partial charge < -0.3 is 4.74 Å². The number of amides is 1. The first-order chi connectivity index (χ1) is 10.8. The molecule has 112 valence electrons. The number of carbonyl (C=O) groups excluding carboxylic acids is 1. The maximum atomic E-state index is 13.6. The molecule has 2 aromatic rings. The van der Waals surface area contributed by atoms with Crippen LogP contribution in [0.5, 0.6) is 0 Å². The Morgan fingerprint density at radius 3 is 2.05 bits per heavy atom. The number of carbonyl (C=O) groups is 1. The van der Waals surface area contributed by atoms with Gasteiger partial charge in [0.15, 0.2) is 6.10 Å². The van der Waals surface area contributed by atoms with Crippen molar-refractivity contribution in [3.8, 4) is 0 Å². The van der Waals surface area contributed by atoms with E-state index in [1.807, 2.05) is 60.7 Å². The van der Waals surface area contributed by atoms with Crippen molar-refractivity contribution in [1.29, 1.82) is 0 Å². The average molecular weight is 297 g/mol. The van der Waals surface area contributed by atoms with E-state index >= 15 is 0 Å². The summed E-state index contributed by atoms with van der Waals surface area (Å²) in [5.74, 6) is 0. The van der Waals surface area contributed by atoms with Gasteiger partial charge in [-0.05, 0) is 11.1 Å². The minimum Gasteiger partial charge on any atom is -0.439 e. The monoisotopic (exact) mass is 297 g/mol. The minimum atomic E-state index is -0.937. The van der Waals surface area contributed by atoms with Crippen LogP contribution in [0.25, 0.3) is 0 Å². The third-order valence-corrected chi connectivity index (χ3v) is 4.33. The molecule has 0 aromatic heterocycles. The zero-order valence-electron chi connectivity index (χ0n) is 11.9. The second-order valence-corrected chi connectivity index (χ2v) is 5.80. The largest absolute Gasteiger partial charge is 0.439 e. The van der Waals surface area contributed by atoms with Crippen molar-refractivity contribution in [2.75, 3.05) is 0 Å². The van der Waals surface area contributed by atoms with Crippen molar-refractivity contribution in [2.24, 2.45) is 0 Å². The van der Waals surface area contributed by atoms with Gasteiger partial charge in [-0.2, -0.15) is 0 Å². The van der Waals surface area contributed by atoms with Crippen LogP contribution in [-0.4, -0.2) is 23.2 Å². The number of halogens is 1. The molecule has 4 atom stereocenters. The summed E-state index contributed by atoms with van der Waals surface area (Å²) in [6.45, 7) is 0. The zero-order valence-corrected chi connectivity index (χ0v) is 11.9. The fourth-order valence-electron chi connectivity index (χ4n) is 3.15. The highest BCUT2D eigenvalue weighted by molar-refractivity contribution is 5.72. The molecular weight excluding hydrogens is 281 g/mol. The highest BCUT2D eigenvalue weighted by Crippen LogP contribution is 2.48. The van der Waals surface area contributed by atoms with E-state index in [4.69, 9.17) is 4.74 Å². The molecule has 3 nitrogen and oxygen atoms in total. The first-order valence-electron chi connectivity index (χ1n) is 7.48. The summed E-state index contributed by atoms with van der Waals surface area (Å²) in [6, 6.07) is 18.7. The Labute approximate surface area is 128 Å². The topological polar surface area (TPSA) is 29.5 Å². The standard InChI is InChI=1S/C18H16FNO2/c19-14-11-15(14)20-16(12-7-3-1-4-8-12)17(22-18(20)21)13-9-5-2-6-10-13/h1-10,14-17H,11H2/t14-,15-,16+,17-/m0/s1. The van der Waals surface area contributed by atoms with E-state index in [9.17, 15) is 9.18 Å². The fourth-order valence-corrected chi connectivity index (χ4v) is 3.15. The first kappa shape index (κ1) is 13.3. The Hall–Kier alpha value is -2.36. The lowest BCUT2D eigenvalue weighted by molar-refractivity contribution is 0.129. The normalized spacial score (nSPS) is 30.2. The van der Waals surface area contributed by atoms with Crippen molar-refractivity contribution in [1.82, 2.24) is 4.90 Å². The molecular formula is C18H16FNO2. The number of alkyl halides is 1. The molecule has 0 N–H and O–H groups in total. The van der Waals surface area contributed by atoms with Crippen LogP contribution < -0.4 is 0 Å². The van der Waals surface area contributed by atoms with E-state index in [-0.39, 0.29) is 12.1 Å². The van der Waals surface area contributed by atoms with Crippen LogP contribution in [-0.2, 0) is 4.74 Å². The van der Waals surface area contributed by atoms with Gasteiger partial charge in [0, 0.05) is 6.42 Å². The highest BCUT2D eigenvalue weighted by atomic mass is 19.1. The van der Waals surface area contributed by atoms with Gasteiger partial charge in [-0.1, -0.05) is 60.7 Å². The number of hydrogen-bond donors (Lipinski definition) is 0. The van der Waals surface area contributed by atoms with Gasteiger partial charge in [-0.15, -0.1) is 0 Å². The number of rotatable bonds is 3. The smallest absolute Gasteiger partial charge is 0.411 e. The SMILES string of the molecule is O=C1O[C@@H](c2ccccc2)[C@@H](c2ccccc2)N1[C@H]1C[C@@H]1F. The molecule has 4 heteroatoms. The van der Waals surface area contributed by atoms with E-state index in [2.05, 4.69) is 0 Å². The molecule has 0 bridgehead atoms. The second-order valence-electron chi connectivity index (χ2n) is 5.80. The lowest BCUT2D eigenvalue weighted by atomic mass is 9.95. The van der Waals surface area contributed by atoms with Crippen LogP contribution in [0.2, 0.25) is 0 Å². The molecule has 22 heavy (non-hydrogen) atoms. The third-order valence-electron chi connectivity index (χ3n) is 4.33. The molecule has 4 rings (SSSR count). The molecule has 0 unspecified atom stereocenters. The molecule has 2 fully saturated rings. The highest BCUT2D eigenvalue weighted by Gasteiger charge is 2.54. The van der Waals surface area contributed by atoms with Gasteiger partial charge in [0.25, 0.3) is 0 Å². The molecule has 2 aliphatic rings. The lowest BCUT2D eigenvalue weighted by Gasteiger charge is -2.25. The van der Waals surface area contributed by atoms with Gasteiger partial charge in [-0.25, -0.2) is 9.18 Å². The number of ether oxygens (including phenoxy) is 1. The number of benzene rings is 2. The Kier molecular flexibility index (Phi) is 3.10. The van der Waals surface area contributed by atoms with Crippen LogP contribution in [0.15, 0.2) is 60.7 Å². The van der Waals surface area contributed by atoms with Crippen LogP contribution in [0.4, 0.5) is 9.18 Å². The van der Waals surface area contributed by atoms with Gasteiger partial charge in [0.2, 0.25) is 0 Å². The summed E-state index contributed by atoms with van der Waals surface area (Å²) in [6.07, 6.45) is -1.36. The van der Waals surface area contributed by atoms with E-state index < -0.39 is 18.4 Å². The number of cyclic esters (lactones) is 1. The second kappa shape index (κ2) is 5.13. The zero-order chi connectivity index (χ0) is 15.1. The van der Waals surface area contributed by atoms with Gasteiger partial charge in [0.1, 0.15) is 12.2 Å². The molecule has 0 spiro atoms. The molecule has 1 aliphatic heterocycles. The molecule has 1 saturated heterocycles. The maximum absolute atomic E-state index is 13.6. The van der Waals surface area contributed by atoms with E-state index in [1.165, 1.54) is 0 Å². The van der Waals surface area contributed by atoms with Crippen LogP contribution >= 0.6 is 0 Å². The van der Waals surface area contributed by atoms with Crippen molar-refractivity contribution in [2.45, 2.75) is 30.8 Å². The van der Waals surface area contributed by atoms with Crippen molar-refractivity contribution >= 4 is 6.09 Å². The average Bonchev–Trinajstić information content (AvgIpc) is 3.17. The summed E-state index contributed by atoms with van der Waals surface area (Å²) in [7, 11) is 0. The van der Waals surface area contributed by atoms with Crippen LogP contribution in [0.3, 0.4) is 0 Å². The quantitative estimate of drug-likeness (QED) is 0.856. The third kappa shape index (κ3) is 2.15. The summed E-state index contributed by atoms with van der Waals surface area (Å²) in [4.78, 5) is 13.9. The van der Waals surface area contributed by atoms with E-state index in [0.29, 0.717) is 6.42 Å². The van der Waals surface area contributed by atoms with Crippen molar-refractivity contribution < 1.29 is 13.9 Å². The summed E-state index contributed by atoms with van der Waals surface area (Å²) in [5.41, 5.74) is 1.91. The first-order valence-corrected chi connectivity index (χ1v) is 7.48. The van der Waals surface area contributed by atoms with Gasteiger partial charge in [-0.3, -0.25) is 4.90 Å². The van der Waals surface area contributed by atoms with Gasteiger partial charge >= 0.3 is 6.09 Å².